The molecule has 2 saturated carbocycles. The van der Waals surface area contributed by atoms with Gasteiger partial charge in [0.2, 0.25) is 0 Å². The molecule has 2 aliphatic heterocycles. The van der Waals surface area contributed by atoms with E-state index in [-0.39, 0.29) is 24.0 Å². The zero-order chi connectivity index (χ0) is 15.3. The van der Waals surface area contributed by atoms with Gasteiger partial charge in [0, 0.05) is 0 Å². The van der Waals surface area contributed by atoms with Crippen LogP contribution in [0.15, 0.2) is 0 Å². The highest BCUT2D eigenvalue weighted by molar-refractivity contribution is 5.71. The third-order valence-corrected chi connectivity index (χ3v) is 6.25. The summed E-state index contributed by atoms with van der Waals surface area (Å²) in [5.41, 5.74) is 3.13. The summed E-state index contributed by atoms with van der Waals surface area (Å²) in [5, 5.41) is 6.70. The minimum atomic E-state index is -0.227. The first-order valence-corrected chi connectivity index (χ1v) is 8.69. The Hall–Kier alpha value is -0.850. The summed E-state index contributed by atoms with van der Waals surface area (Å²) in [4.78, 5) is 17.1. The highest BCUT2D eigenvalue weighted by Gasteiger charge is 2.55. The van der Waals surface area contributed by atoms with E-state index in [1.807, 2.05) is 0 Å². The number of hydrogen-bond acceptors (Lipinski definition) is 5. The van der Waals surface area contributed by atoms with Gasteiger partial charge in [-0.1, -0.05) is 13.8 Å². The minimum Gasteiger partial charge on any atom is -0.447 e. The van der Waals surface area contributed by atoms with E-state index < -0.39 is 0 Å². The van der Waals surface area contributed by atoms with Gasteiger partial charge < -0.3 is 10.1 Å². The van der Waals surface area contributed by atoms with Crippen LogP contribution in [0.3, 0.4) is 0 Å². The minimum absolute atomic E-state index is 0.0692. The number of hydrogen-bond donors (Lipinski definition) is 3. The number of alkyl carbamates (subject to hydrolysis) is 1. The monoisotopic (exact) mass is 309 g/mol. The largest absolute Gasteiger partial charge is 0.447 e. The summed E-state index contributed by atoms with van der Waals surface area (Å²) in [6.07, 6.45) is 5.97. The van der Waals surface area contributed by atoms with Crippen LogP contribution >= 0.6 is 0 Å². The first-order valence-electron chi connectivity index (χ1n) is 8.69. The van der Waals surface area contributed by atoms with Gasteiger partial charge in [0.15, 0.2) is 0 Å². The molecule has 5 unspecified atom stereocenters. The van der Waals surface area contributed by atoms with Gasteiger partial charge in [-0.2, -0.15) is 5.48 Å². The molecule has 6 heteroatoms. The molecule has 0 radical (unpaired) electrons. The van der Waals surface area contributed by atoms with Crippen LogP contribution in [0, 0.1) is 23.7 Å². The van der Waals surface area contributed by atoms with Crippen LogP contribution in [0.2, 0.25) is 0 Å². The average molecular weight is 309 g/mol. The fourth-order valence-corrected chi connectivity index (χ4v) is 5.03. The Morgan fingerprint density at radius 3 is 2.77 bits per heavy atom. The first kappa shape index (κ1) is 14.7. The van der Waals surface area contributed by atoms with E-state index in [2.05, 4.69) is 30.0 Å². The van der Waals surface area contributed by atoms with E-state index in [0.717, 1.165) is 6.42 Å². The summed E-state index contributed by atoms with van der Waals surface area (Å²) in [6.45, 7) is 4.90. The van der Waals surface area contributed by atoms with Crippen molar-refractivity contribution in [1.29, 1.82) is 0 Å². The van der Waals surface area contributed by atoms with Gasteiger partial charge in [0.1, 0.15) is 12.8 Å². The van der Waals surface area contributed by atoms with Crippen molar-refractivity contribution in [1.82, 2.24) is 16.1 Å². The molecule has 6 nitrogen and oxygen atoms in total. The number of hydroxylamine groups is 1. The van der Waals surface area contributed by atoms with Gasteiger partial charge in [0.25, 0.3) is 0 Å². The topological polar surface area (TPSA) is 71.6 Å². The van der Waals surface area contributed by atoms with E-state index in [4.69, 9.17) is 9.57 Å². The van der Waals surface area contributed by atoms with Crippen molar-refractivity contribution in [2.75, 3.05) is 6.61 Å². The Morgan fingerprint density at radius 1 is 1.23 bits per heavy atom. The molecular formula is C16H27N3O3. The molecule has 4 fully saturated rings. The molecule has 1 amide bonds. The highest BCUT2D eigenvalue weighted by Crippen LogP contribution is 2.51. The number of amides is 1. The Bertz CT molecular complexity index is 458. The van der Waals surface area contributed by atoms with Crippen LogP contribution in [0.25, 0.3) is 0 Å². The second-order valence-corrected chi connectivity index (χ2v) is 7.88. The van der Waals surface area contributed by atoms with Crippen molar-refractivity contribution in [2.24, 2.45) is 23.7 Å². The summed E-state index contributed by atoms with van der Waals surface area (Å²) >= 11 is 0. The lowest BCUT2D eigenvalue weighted by molar-refractivity contribution is -0.00822. The molecule has 0 aromatic heterocycles. The Morgan fingerprint density at radius 2 is 2.09 bits per heavy atom. The normalized spacial score (nSPS) is 47.8. The standard InChI is InChI=1S/C16H27N3O3/c1-9(2)14-17-13(19-22-14)11-3-4-12-10(7-11)5-6-16(12)8-21-15(20)18-16/h9-14,17,19H,3-8H2,1-2H3,(H,18,20)/t10?,11?,12?,13?,14?,16-/m1/s1. The molecule has 1 spiro atoms. The quantitative estimate of drug-likeness (QED) is 0.724. The number of carbonyl (C=O) groups excluding carboxylic acids is 1. The van der Waals surface area contributed by atoms with Crippen molar-refractivity contribution in [3.63, 3.8) is 0 Å². The summed E-state index contributed by atoms with van der Waals surface area (Å²) < 4.78 is 5.21. The predicted molar refractivity (Wildman–Crippen MR) is 80.5 cm³/mol. The first-order chi connectivity index (χ1) is 10.6. The number of rotatable bonds is 2. The fraction of sp³-hybridized carbons (Fsp3) is 0.938. The van der Waals surface area contributed by atoms with E-state index in [1.54, 1.807) is 0 Å². The lowest BCUT2D eigenvalue weighted by Crippen LogP contribution is -2.51. The van der Waals surface area contributed by atoms with Crippen molar-refractivity contribution in [2.45, 2.75) is 63.9 Å². The molecule has 2 aliphatic carbocycles. The molecule has 6 atom stereocenters. The predicted octanol–water partition coefficient (Wildman–Crippen LogP) is 1.72. The Kier molecular flexibility index (Phi) is 3.58. The third-order valence-electron chi connectivity index (χ3n) is 6.25. The zero-order valence-electron chi connectivity index (χ0n) is 13.4. The number of ether oxygens (including phenoxy) is 1. The van der Waals surface area contributed by atoms with Crippen LogP contribution in [0.1, 0.15) is 46.0 Å². The Labute approximate surface area is 131 Å². The molecule has 22 heavy (non-hydrogen) atoms. The third kappa shape index (κ3) is 2.32. The number of carbonyl (C=O) groups is 1. The van der Waals surface area contributed by atoms with Crippen LogP contribution in [0.5, 0.6) is 0 Å². The molecule has 2 heterocycles. The van der Waals surface area contributed by atoms with Gasteiger partial charge in [-0.25, -0.2) is 4.79 Å². The fourth-order valence-electron chi connectivity index (χ4n) is 5.03. The summed E-state index contributed by atoms with van der Waals surface area (Å²) in [7, 11) is 0. The van der Waals surface area contributed by atoms with E-state index in [0.29, 0.717) is 30.3 Å². The van der Waals surface area contributed by atoms with Crippen molar-refractivity contribution < 1.29 is 14.4 Å². The second kappa shape index (κ2) is 5.35. The summed E-state index contributed by atoms with van der Waals surface area (Å²) in [5.74, 6) is 2.36. The van der Waals surface area contributed by atoms with E-state index >= 15 is 0 Å². The van der Waals surface area contributed by atoms with Crippen LogP contribution in [-0.4, -0.2) is 30.6 Å². The lowest BCUT2D eigenvalue weighted by Gasteiger charge is -2.39. The SMILES string of the molecule is CC(C)C1NC(C2CCC3C(CC[C@@]34COC(=O)N4)C2)NO1. The number of cyclic esters (lactones) is 1. The molecule has 2 saturated heterocycles. The molecule has 4 rings (SSSR count). The van der Waals surface area contributed by atoms with E-state index in [1.165, 1.54) is 25.7 Å². The maximum absolute atomic E-state index is 11.5. The van der Waals surface area contributed by atoms with Gasteiger partial charge >= 0.3 is 6.09 Å². The highest BCUT2D eigenvalue weighted by atomic mass is 16.7. The Balaban J connectivity index is 1.39. The van der Waals surface area contributed by atoms with Crippen molar-refractivity contribution >= 4 is 6.09 Å². The van der Waals surface area contributed by atoms with E-state index in [9.17, 15) is 4.79 Å². The van der Waals surface area contributed by atoms with Crippen LogP contribution in [-0.2, 0) is 9.57 Å². The smallest absolute Gasteiger partial charge is 0.407 e. The second-order valence-electron chi connectivity index (χ2n) is 7.88. The van der Waals surface area contributed by atoms with Gasteiger partial charge in [0.05, 0.1) is 11.7 Å². The molecule has 4 aliphatic rings. The molecule has 124 valence electrons. The molecule has 0 aromatic carbocycles. The average Bonchev–Trinajstić information content (AvgIpc) is 3.19. The lowest BCUT2D eigenvalue weighted by atomic mass is 9.70. The maximum Gasteiger partial charge on any atom is 0.407 e. The number of nitrogens with one attached hydrogen (secondary N) is 3. The van der Waals surface area contributed by atoms with Crippen LogP contribution in [0.4, 0.5) is 4.79 Å². The van der Waals surface area contributed by atoms with Crippen molar-refractivity contribution in [3.8, 4) is 0 Å². The molecular weight excluding hydrogens is 282 g/mol. The van der Waals surface area contributed by atoms with Gasteiger partial charge in [-0.15, -0.1) is 0 Å². The van der Waals surface area contributed by atoms with Crippen molar-refractivity contribution in [3.05, 3.63) is 0 Å². The molecule has 3 N–H and O–H groups in total. The number of fused-ring (bicyclic) bond motifs is 2. The maximum atomic E-state index is 11.5. The summed E-state index contributed by atoms with van der Waals surface area (Å²) in [6, 6.07) is 0. The van der Waals surface area contributed by atoms with Crippen LogP contribution < -0.4 is 16.1 Å². The van der Waals surface area contributed by atoms with Gasteiger partial charge in [-0.05, 0) is 55.8 Å². The van der Waals surface area contributed by atoms with Gasteiger partial charge in [-0.3, -0.25) is 10.2 Å². The molecule has 0 bridgehead atoms. The zero-order valence-corrected chi connectivity index (χ0v) is 13.4. The molecule has 0 aromatic rings.